The van der Waals surface area contributed by atoms with Crippen LogP contribution in [0, 0.1) is 6.92 Å². The maximum absolute atomic E-state index is 5.90. The lowest BCUT2D eigenvalue weighted by Gasteiger charge is -2.35. The Morgan fingerprint density at radius 2 is 1.78 bits per heavy atom. The Labute approximate surface area is 106 Å². The summed E-state index contributed by atoms with van der Waals surface area (Å²) in [5.41, 5.74) is 17.7. The standard InChI is InChI=1S/C12H17N5O/c1-7-3-5-8(6-4-7)18-12(2)9(13)10(14)16-11(15)17-12/h3-6H,13-14H2,1-2H3,(H3,15,16,17). The highest BCUT2D eigenvalue weighted by Gasteiger charge is 2.35. The lowest BCUT2D eigenvalue weighted by atomic mass is 10.1. The number of nitrogens with one attached hydrogen (secondary N) is 1. The summed E-state index contributed by atoms with van der Waals surface area (Å²) in [6.07, 6.45) is 0. The van der Waals surface area contributed by atoms with Crippen molar-refractivity contribution in [3.05, 3.63) is 41.3 Å². The molecule has 2 rings (SSSR count). The minimum absolute atomic E-state index is 0.167. The van der Waals surface area contributed by atoms with Gasteiger partial charge in [-0.15, -0.1) is 0 Å². The van der Waals surface area contributed by atoms with Crippen LogP contribution in [0.5, 0.6) is 5.75 Å². The Balaban J connectivity index is 2.28. The normalized spacial score (nSPS) is 23.3. The number of nitrogens with zero attached hydrogens (tertiary/aromatic N) is 1. The highest BCUT2D eigenvalue weighted by molar-refractivity contribution is 5.81. The first-order valence-corrected chi connectivity index (χ1v) is 5.54. The van der Waals surface area contributed by atoms with E-state index in [1.54, 1.807) is 6.92 Å². The van der Waals surface area contributed by atoms with Gasteiger partial charge >= 0.3 is 0 Å². The van der Waals surface area contributed by atoms with Gasteiger partial charge in [-0.05, 0) is 19.1 Å². The number of rotatable bonds is 2. The first kappa shape index (κ1) is 12.1. The summed E-state index contributed by atoms with van der Waals surface area (Å²) in [4.78, 5) is 3.85. The van der Waals surface area contributed by atoms with Crippen LogP contribution in [0.4, 0.5) is 0 Å². The summed E-state index contributed by atoms with van der Waals surface area (Å²) in [5.74, 6) is 1.01. The van der Waals surface area contributed by atoms with Crippen molar-refractivity contribution in [2.45, 2.75) is 19.6 Å². The predicted molar refractivity (Wildman–Crippen MR) is 70.4 cm³/mol. The van der Waals surface area contributed by atoms with Gasteiger partial charge in [0.2, 0.25) is 5.72 Å². The van der Waals surface area contributed by atoms with Crippen molar-refractivity contribution in [3.8, 4) is 5.75 Å². The van der Waals surface area contributed by atoms with Crippen LogP contribution in [0.25, 0.3) is 0 Å². The van der Waals surface area contributed by atoms with E-state index in [1.165, 1.54) is 0 Å². The molecule has 0 saturated heterocycles. The molecule has 7 N–H and O–H groups in total. The highest BCUT2D eigenvalue weighted by Crippen LogP contribution is 2.23. The molecule has 1 aliphatic heterocycles. The molecule has 0 spiro atoms. The Hall–Kier alpha value is -2.37. The van der Waals surface area contributed by atoms with Crippen molar-refractivity contribution in [3.63, 3.8) is 0 Å². The van der Waals surface area contributed by atoms with Crippen LogP contribution in [0.15, 0.2) is 40.8 Å². The Kier molecular flexibility index (Phi) is 2.78. The summed E-state index contributed by atoms with van der Waals surface area (Å²) in [5, 5.41) is 2.88. The van der Waals surface area contributed by atoms with Gasteiger partial charge in [0.1, 0.15) is 11.4 Å². The molecule has 1 aliphatic rings. The van der Waals surface area contributed by atoms with Gasteiger partial charge in [0, 0.05) is 6.92 Å². The average molecular weight is 247 g/mol. The summed E-state index contributed by atoms with van der Waals surface area (Å²) in [6, 6.07) is 7.60. The van der Waals surface area contributed by atoms with Crippen LogP contribution in [0.1, 0.15) is 12.5 Å². The van der Waals surface area contributed by atoms with Gasteiger partial charge < -0.3 is 27.3 Å². The molecule has 0 saturated carbocycles. The second kappa shape index (κ2) is 4.14. The third-order valence-corrected chi connectivity index (χ3v) is 2.74. The molecule has 1 atom stereocenters. The molecular formula is C12H17N5O. The fraction of sp³-hybridized carbons (Fsp3) is 0.250. The molecule has 96 valence electrons. The molecule has 0 aromatic heterocycles. The number of nitrogens with two attached hydrogens (primary N) is 3. The van der Waals surface area contributed by atoms with E-state index in [0.29, 0.717) is 11.4 Å². The molecule has 1 heterocycles. The van der Waals surface area contributed by atoms with Crippen LogP contribution < -0.4 is 27.3 Å². The smallest absolute Gasteiger partial charge is 0.224 e. The van der Waals surface area contributed by atoms with E-state index in [4.69, 9.17) is 21.9 Å². The molecule has 1 aromatic rings. The largest absolute Gasteiger partial charge is 0.462 e. The Morgan fingerprint density at radius 1 is 1.17 bits per heavy atom. The maximum Gasteiger partial charge on any atom is 0.224 e. The molecule has 0 fully saturated rings. The SMILES string of the molecule is Cc1ccc(OC2(C)NC(N)=NC(N)=C2N)cc1. The van der Waals surface area contributed by atoms with Gasteiger partial charge in [-0.3, -0.25) is 0 Å². The number of aliphatic imine (C=N–C) groups is 1. The van der Waals surface area contributed by atoms with Crippen molar-refractivity contribution in [1.82, 2.24) is 5.32 Å². The Bertz CT molecular complexity index is 520. The third kappa shape index (κ3) is 2.17. The first-order chi connectivity index (χ1) is 8.40. The van der Waals surface area contributed by atoms with Crippen molar-refractivity contribution in [1.29, 1.82) is 0 Å². The van der Waals surface area contributed by atoms with E-state index in [1.807, 2.05) is 31.2 Å². The molecule has 6 nitrogen and oxygen atoms in total. The van der Waals surface area contributed by atoms with E-state index in [9.17, 15) is 0 Å². The first-order valence-electron chi connectivity index (χ1n) is 5.54. The third-order valence-electron chi connectivity index (χ3n) is 2.74. The number of aryl methyl sites for hydroxylation is 1. The van der Waals surface area contributed by atoms with Crippen LogP contribution in [0.2, 0.25) is 0 Å². The fourth-order valence-electron chi connectivity index (χ4n) is 1.70. The van der Waals surface area contributed by atoms with Crippen molar-refractivity contribution in [2.24, 2.45) is 22.2 Å². The molecule has 6 heteroatoms. The minimum Gasteiger partial charge on any atom is -0.462 e. The zero-order chi connectivity index (χ0) is 13.3. The number of guanidine groups is 1. The van der Waals surface area contributed by atoms with Gasteiger partial charge in [-0.1, -0.05) is 17.7 Å². The monoisotopic (exact) mass is 247 g/mol. The zero-order valence-electron chi connectivity index (χ0n) is 10.4. The van der Waals surface area contributed by atoms with Crippen LogP contribution >= 0.6 is 0 Å². The molecule has 1 unspecified atom stereocenters. The van der Waals surface area contributed by atoms with Gasteiger partial charge in [0.25, 0.3) is 0 Å². The Morgan fingerprint density at radius 3 is 2.39 bits per heavy atom. The molecule has 0 amide bonds. The van der Waals surface area contributed by atoms with Crippen LogP contribution in [0.3, 0.4) is 0 Å². The summed E-state index contributed by atoms with van der Waals surface area (Å²) < 4.78 is 5.82. The molecule has 0 radical (unpaired) electrons. The van der Waals surface area contributed by atoms with Crippen molar-refractivity contribution in [2.75, 3.05) is 0 Å². The zero-order valence-corrected chi connectivity index (χ0v) is 10.4. The van der Waals surface area contributed by atoms with Crippen molar-refractivity contribution >= 4 is 5.96 Å². The second-order valence-corrected chi connectivity index (χ2v) is 4.37. The van der Waals surface area contributed by atoms with E-state index < -0.39 is 5.72 Å². The highest BCUT2D eigenvalue weighted by atomic mass is 16.5. The number of hydrogen-bond acceptors (Lipinski definition) is 6. The average Bonchev–Trinajstić information content (AvgIpc) is 2.29. The van der Waals surface area contributed by atoms with Crippen LogP contribution in [-0.2, 0) is 0 Å². The number of ether oxygens (including phenoxy) is 1. The molecule has 0 bridgehead atoms. The van der Waals surface area contributed by atoms with Gasteiger partial charge in [0.15, 0.2) is 11.8 Å². The van der Waals surface area contributed by atoms with E-state index in [0.717, 1.165) is 5.56 Å². The van der Waals surface area contributed by atoms with Gasteiger partial charge in [-0.2, -0.15) is 4.99 Å². The topological polar surface area (TPSA) is 112 Å². The lowest BCUT2D eigenvalue weighted by Crippen LogP contribution is -2.59. The number of hydrogen-bond donors (Lipinski definition) is 4. The quantitative estimate of drug-likeness (QED) is 0.592. The van der Waals surface area contributed by atoms with E-state index in [2.05, 4.69) is 10.3 Å². The fourth-order valence-corrected chi connectivity index (χ4v) is 1.70. The second-order valence-electron chi connectivity index (χ2n) is 4.37. The van der Waals surface area contributed by atoms with Gasteiger partial charge in [-0.25, -0.2) is 0 Å². The van der Waals surface area contributed by atoms with E-state index in [-0.39, 0.29) is 11.8 Å². The van der Waals surface area contributed by atoms with Gasteiger partial charge in [0.05, 0.1) is 0 Å². The summed E-state index contributed by atoms with van der Waals surface area (Å²) in [6.45, 7) is 3.75. The minimum atomic E-state index is -0.995. The molecule has 18 heavy (non-hydrogen) atoms. The number of benzene rings is 1. The lowest BCUT2D eigenvalue weighted by molar-refractivity contribution is 0.106. The molecular weight excluding hydrogens is 230 g/mol. The maximum atomic E-state index is 5.90. The van der Waals surface area contributed by atoms with Crippen molar-refractivity contribution < 1.29 is 4.74 Å². The summed E-state index contributed by atoms with van der Waals surface area (Å²) >= 11 is 0. The molecule has 0 aliphatic carbocycles. The molecule has 1 aromatic carbocycles. The summed E-state index contributed by atoms with van der Waals surface area (Å²) in [7, 11) is 0. The van der Waals surface area contributed by atoms with E-state index >= 15 is 0 Å². The predicted octanol–water partition coefficient (Wildman–Crippen LogP) is 0.0944. The van der Waals surface area contributed by atoms with Crippen LogP contribution in [-0.4, -0.2) is 11.7 Å².